The van der Waals surface area contributed by atoms with Gasteiger partial charge >= 0.3 is 0 Å². The van der Waals surface area contributed by atoms with E-state index in [2.05, 4.69) is 32.7 Å². The monoisotopic (exact) mass is 316 g/mol. The largest absolute Gasteiger partial charge is 0.497 e. The number of nitrogens with zero attached hydrogens (tertiary/aromatic N) is 4. The molecule has 0 spiro atoms. The number of aryl methyl sites for hydroxylation is 1. The summed E-state index contributed by atoms with van der Waals surface area (Å²) in [7, 11) is 1.67. The Morgan fingerprint density at radius 2 is 2.17 bits per heavy atom. The third-order valence-electron chi connectivity index (χ3n) is 4.53. The molecule has 0 bridgehead atoms. The van der Waals surface area contributed by atoms with Gasteiger partial charge in [0.25, 0.3) is 0 Å². The Hall–Kier alpha value is -1.92. The third kappa shape index (κ3) is 3.23. The third-order valence-corrected chi connectivity index (χ3v) is 4.53. The minimum absolute atomic E-state index is 0.169. The molecule has 0 aliphatic carbocycles. The van der Waals surface area contributed by atoms with Crippen LogP contribution >= 0.6 is 0 Å². The van der Waals surface area contributed by atoms with Crippen molar-refractivity contribution in [1.82, 2.24) is 19.7 Å². The van der Waals surface area contributed by atoms with Crippen LogP contribution in [-0.4, -0.2) is 44.5 Å². The number of aliphatic hydroxyl groups excluding tert-OH is 1. The van der Waals surface area contributed by atoms with E-state index in [1.807, 2.05) is 25.1 Å². The molecular weight excluding hydrogens is 292 g/mol. The first-order valence-corrected chi connectivity index (χ1v) is 8.07. The van der Waals surface area contributed by atoms with Crippen LogP contribution in [0.15, 0.2) is 24.3 Å². The van der Waals surface area contributed by atoms with Crippen molar-refractivity contribution >= 4 is 0 Å². The number of hydrogen-bond donors (Lipinski definition) is 1. The van der Waals surface area contributed by atoms with Gasteiger partial charge in [0.05, 0.1) is 19.8 Å². The molecule has 2 heterocycles. The van der Waals surface area contributed by atoms with E-state index in [4.69, 9.17) is 4.74 Å². The molecule has 1 fully saturated rings. The minimum atomic E-state index is -0.315. The van der Waals surface area contributed by atoms with E-state index in [1.165, 1.54) is 5.56 Å². The number of rotatable bonds is 5. The van der Waals surface area contributed by atoms with Crippen molar-refractivity contribution in [1.29, 1.82) is 0 Å². The Kier molecular flexibility index (Phi) is 4.63. The van der Waals surface area contributed by atoms with Crippen molar-refractivity contribution in [3.63, 3.8) is 0 Å². The number of methoxy groups -OCH3 is 1. The zero-order valence-electron chi connectivity index (χ0n) is 13.9. The fourth-order valence-corrected chi connectivity index (χ4v) is 3.38. The van der Waals surface area contributed by atoms with E-state index >= 15 is 0 Å². The van der Waals surface area contributed by atoms with Crippen molar-refractivity contribution < 1.29 is 9.84 Å². The fourth-order valence-electron chi connectivity index (χ4n) is 3.38. The summed E-state index contributed by atoms with van der Waals surface area (Å²) in [4.78, 5) is 2.27. The average molecular weight is 316 g/mol. The highest BCUT2D eigenvalue weighted by Crippen LogP contribution is 2.34. The minimum Gasteiger partial charge on any atom is -0.497 e. The highest BCUT2D eigenvalue weighted by molar-refractivity contribution is 5.31. The molecular formula is C17H24N4O2. The Balaban J connectivity index is 1.84. The van der Waals surface area contributed by atoms with E-state index in [9.17, 15) is 5.11 Å². The molecule has 1 aromatic heterocycles. The summed E-state index contributed by atoms with van der Waals surface area (Å²) in [6.07, 6.45) is 0.414. The fraction of sp³-hybridized carbons (Fsp3) is 0.529. The number of likely N-dealkylation sites (tertiary alicyclic amines) is 1. The van der Waals surface area contributed by atoms with Crippen LogP contribution in [0.5, 0.6) is 5.75 Å². The van der Waals surface area contributed by atoms with Crippen LogP contribution in [0.1, 0.15) is 36.6 Å². The van der Waals surface area contributed by atoms with E-state index in [-0.39, 0.29) is 12.1 Å². The lowest BCUT2D eigenvalue weighted by atomic mass is 10.0. The Labute approximate surface area is 136 Å². The summed E-state index contributed by atoms with van der Waals surface area (Å²) >= 11 is 0. The van der Waals surface area contributed by atoms with Gasteiger partial charge in [0.2, 0.25) is 0 Å². The van der Waals surface area contributed by atoms with E-state index in [1.54, 1.807) is 7.11 Å². The molecule has 6 nitrogen and oxygen atoms in total. The summed E-state index contributed by atoms with van der Waals surface area (Å²) in [6.45, 7) is 6.26. The van der Waals surface area contributed by atoms with Crippen LogP contribution in [0.3, 0.4) is 0 Å². The standard InChI is InChI=1S/C17H24N4O2/c1-4-21-12(2)18-19-17(21)11-20-10-14(22)9-16(20)13-6-5-7-15(8-13)23-3/h5-8,14,16,22H,4,9-11H2,1-3H3/t14-,16+/m0/s1. The molecule has 0 unspecified atom stereocenters. The van der Waals surface area contributed by atoms with Gasteiger partial charge in [-0.2, -0.15) is 0 Å². The van der Waals surface area contributed by atoms with Gasteiger partial charge in [-0.25, -0.2) is 0 Å². The predicted octanol–water partition coefficient (Wildman–Crippen LogP) is 1.92. The Morgan fingerprint density at radius 1 is 1.35 bits per heavy atom. The van der Waals surface area contributed by atoms with Gasteiger partial charge in [-0.15, -0.1) is 10.2 Å². The molecule has 1 aliphatic rings. The maximum absolute atomic E-state index is 10.2. The number of β-amino-alcohol motifs (C(OH)–C–C–N with tert-alkyl or cyclic N) is 1. The SMILES string of the molecule is CCn1c(C)nnc1CN1C[C@@H](O)C[C@@H]1c1cccc(OC)c1. The van der Waals surface area contributed by atoms with E-state index in [0.29, 0.717) is 13.1 Å². The molecule has 1 saturated heterocycles. The van der Waals surface area contributed by atoms with Crippen LogP contribution in [0.2, 0.25) is 0 Å². The van der Waals surface area contributed by atoms with Crippen molar-refractivity contribution in [2.75, 3.05) is 13.7 Å². The second-order valence-corrected chi connectivity index (χ2v) is 6.02. The van der Waals surface area contributed by atoms with Gasteiger partial charge in [0.15, 0.2) is 0 Å². The molecule has 6 heteroatoms. The lowest BCUT2D eigenvalue weighted by Gasteiger charge is -2.24. The van der Waals surface area contributed by atoms with Crippen molar-refractivity contribution in [2.24, 2.45) is 0 Å². The lowest BCUT2D eigenvalue weighted by Crippen LogP contribution is -2.26. The normalized spacial score (nSPS) is 21.7. The average Bonchev–Trinajstić information content (AvgIpc) is 3.10. The second kappa shape index (κ2) is 6.68. The molecule has 0 saturated carbocycles. The quantitative estimate of drug-likeness (QED) is 0.913. The number of aliphatic hydroxyl groups is 1. The number of benzene rings is 1. The van der Waals surface area contributed by atoms with Crippen LogP contribution in [0.4, 0.5) is 0 Å². The highest BCUT2D eigenvalue weighted by atomic mass is 16.5. The number of ether oxygens (including phenoxy) is 1. The van der Waals surface area contributed by atoms with E-state index < -0.39 is 0 Å². The van der Waals surface area contributed by atoms with Crippen molar-refractivity contribution in [3.8, 4) is 5.75 Å². The summed E-state index contributed by atoms with van der Waals surface area (Å²) in [5, 5.41) is 18.6. The molecule has 0 radical (unpaired) electrons. The molecule has 1 aliphatic heterocycles. The maximum atomic E-state index is 10.2. The Bertz CT molecular complexity index is 670. The predicted molar refractivity (Wildman–Crippen MR) is 87.2 cm³/mol. The molecule has 124 valence electrons. The lowest BCUT2D eigenvalue weighted by molar-refractivity contribution is 0.170. The highest BCUT2D eigenvalue weighted by Gasteiger charge is 2.33. The van der Waals surface area contributed by atoms with Crippen LogP contribution in [0.25, 0.3) is 0 Å². The van der Waals surface area contributed by atoms with E-state index in [0.717, 1.165) is 30.4 Å². The molecule has 0 amide bonds. The van der Waals surface area contributed by atoms with Gasteiger partial charge in [-0.3, -0.25) is 4.90 Å². The zero-order chi connectivity index (χ0) is 16.4. The maximum Gasteiger partial charge on any atom is 0.147 e. The van der Waals surface area contributed by atoms with Gasteiger partial charge < -0.3 is 14.4 Å². The van der Waals surface area contributed by atoms with Crippen LogP contribution in [-0.2, 0) is 13.1 Å². The first-order valence-electron chi connectivity index (χ1n) is 8.07. The molecule has 2 aromatic rings. The van der Waals surface area contributed by atoms with Crippen molar-refractivity contribution in [2.45, 2.75) is 45.5 Å². The molecule has 1 N–H and O–H groups in total. The summed E-state index contributed by atoms with van der Waals surface area (Å²) in [5.74, 6) is 2.73. The number of hydrogen-bond acceptors (Lipinski definition) is 5. The van der Waals surface area contributed by atoms with Crippen LogP contribution < -0.4 is 4.74 Å². The zero-order valence-corrected chi connectivity index (χ0v) is 13.9. The number of aromatic nitrogens is 3. The second-order valence-electron chi connectivity index (χ2n) is 6.02. The summed E-state index contributed by atoms with van der Waals surface area (Å²) in [6, 6.07) is 8.24. The summed E-state index contributed by atoms with van der Waals surface area (Å²) in [5.41, 5.74) is 1.17. The van der Waals surface area contributed by atoms with Gasteiger partial charge in [-0.05, 0) is 38.0 Å². The van der Waals surface area contributed by atoms with Crippen molar-refractivity contribution in [3.05, 3.63) is 41.5 Å². The smallest absolute Gasteiger partial charge is 0.147 e. The first kappa shape index (κ1) is 16.0. The molecule has 1 aromatic carbocycles. The Morgan fingerprint density at radius 3 is 2.91 bits per heavy atom. The van der Waals surface area contributed by atoms with Gasteiger partial charge in [0.1, 0.15) is 17.4 Å². The van der Waals surface area contributed by atoms with Crippen LogP contribution in [0, 0.1) is 6.92 Å². The first-order chi connectivity index (χ1) is 11.1. The molecule has 2 atom stereocenters. The molecule has 23 heavy (non-hydrogen) atoms. The van der Waals surface area contributed by atoms with Gasteiger partial charge in [0, 0.05) is 19.1 Å². The van der Waals surface area contributed by atoms with Gasteiger partial charge in [-0.1, -0.05) is 12.1 Å². The topological polar surface area (TPSA) is 63.4 Å². The summed E-state index contributed by atoms with van der Waals surface area (Å²) < 4.78 is 7.45. The molecule has 3 rings (SSSR count).